The van der Waals surface area contributed by atoms with Crippen LogP contribution in [0.3, 0.4) is 0 Å². The minimum Gasteiger partial charge on any atom is -0.427 e. The van der Waals surface area contributed by atoms with Gasteiger partial charge in [0.2, 0.25) is 0 Å². The molecule has 3 nitrogen and oxygen atoms in total. The van der Waals surface area contributed by atoms with Crippen LogP contribution in [-0.2, 0) is 4.79 Å². The fourth-order valence-electron chi connectivity index (χ4n) is 2.10. The fraction of sp³-hybridized carbons (Fsp3) is 0.0625. The molecule has 94 valence electrons. The molecule has 0 amide bonds. The lowest BCUT2D eigenvalue weighted by atomic mass is 10.1. The minimum absolute atomic E-state index is 0.307. The lowest BCUT2D eigenvalue weighted by Gasteiger charge is -2.02. The molecule has 0 aliphatic carbocycles. The Bertz CT molecular complexity index is 693. The third-order valence-electron chi connectivity index (χ3n) is 2.96. The van der Waals surface area contributed by atoms with Crippen LogP contribution in [0.5, 0.6) is 5.75 Å². The van der Waals surface area contributed by atoms with Crippen molar-refractivity contribution < 1.29 is 9.53 Å². The number of carbonyl (C=O) groups excluding carboxylic acids is 1. The van der Waals surface area contributed by atoms with Crippen LogP contribution in [0, 0.1) is 0 Å². The summed E-state index contributed by atoms with van der Waals surface area (Å²) < 4.78 is 5.01. The van der Waals surface area contributed by atoms with Gasteiger partial charge >= 0.3 is 5.97 Å². The molecule has 0 aliphatic rings. The number of hydrogen-bond donors (Lipinski definition) is 1. The average Bonchev–Trinajstić information content (AvgIpc) is 2.82. The van der Waals surface area contributed by atoms with Crippen LogP contribution in [0.25, 0.3) is 22.2 Å². The molecule has 3 rings (SSSR count). The van der Waals surface area contributed by atoms with Gasteiger partial charge in [0.25, 0.3) is 0 Å². The maximum atomic E-state index is 10.9. The summed E-state index contributed by atoms with van der Waals surface area (Å²) in [4.78, 5) is 14.2. The van der Waals surface area contributed by atoms with Gasteiger partial charge < -0.3 is 9.72 Å². The summed E-state index contributed by atoms with van der Waals surface area (Å²) >= 11 is 0. The van der Waals surface area contributed by atoms with E-state index >= 15 is 0 Å². The molecule has 1 aromatic heterocycles. The highest BCUT2D eigenvalue weighted by atomic mass is 16.5. The molecule has 3 aromatic rings. The van der Waals surface area contributed by atoms with Crippen molar-refractivity contribution in [2.45, 2.75) is 6.92 Å². The van der Waals surface area contributed by atoms with Gasteiger partial charge in [-0.05, 0) is 42.0 Å². The third kappa shape index (κ3) is 2.36. The second kappa shape index (κ2) is 4.61. The van der Waals surface area contributed by atoms with Gasteiger partial charge in [0.15, 0.2) is 0 Å². The number of nitrogens with one attached hydrogen (secondary N) is 1. The monoisotopic (exact) mass is 251 g/mol. The van der Waals surface area contributed by atoms with Gasteiger partial charge in [0.05, 0.1) is 0 Å². The topological polar surface area (TPSA) is 42.1 Å². The van der Waals surface area contributed by atoms with Crippen LogP contribution in [-0.4, -0.2) is 11.0 Å². The zero-order chi connectivity index (χ0) is 13.2. The molecule has 1 heterocycles. The zero-order valence-corrected chi connectivity index (χ0v) is 10.5. The lowest BCUT2D eigenvalue weighted by Crippen LogP contribution is -2.00. The van der Waals surface area contributed by atoms with Crippen molar-refractivity contribution in [3.63, 3.8) is 0 Å². The molecule has 0 radical (unpaired) electrons. The molecule has 0 aliphatic heterocycles. The van der Waals surface area contributed by atoms with Gasteiger partial charge in [-0.1, -0.05) is 18.2 Å². The van der Waals surface area contributed by atoms with E-state index in [1.807, 2.05) is 30.3 Å². The number of ether oxygens (including phenoxy) is 1. The highest BCUT2D eigenvalue weighted by Crippen LogP contribution is 2.25. The summed E-state index contributed by atoms with van der Waals surface area (Å²) in [7, 11) is 0. The van der Waals surface area contributed by atoms with Crippen LogP contribution in [0.4, 0.5) is 0 Å². The number of aromatic amines is 1. The minimum atomic E-state index is -0.307. The number of benzene rings is 2. The Labute approximate surface area is 110 Å². The number of H-pyrrole nitrogens is 1. The molecule has 19 heavy (non-hydrogen) atoms. The van der Waals surface area contributed by atoms with Crippen LogP contribution in [0.15, 0.2) is 54.6 Å². The van der Waals surface area contributed by atoms with E-state index in [1.54, 1.807) is 12.1 Å². The Balaban J connectivity index is 1.95. The van der Waals surface area contributed by atoms with E-state index in [-0.39, 0.29) is 5.97 Å². The Morgan fingerprint density at radius 1 is 1.05 bits per heavy atom. The van der Waals surface area contributed by atoms with E-state index in [1.165, 1.54) is 12.3 Å². The van der Waals surface area contributed by atoms with Crippen LogP contribution >= 0.6 is 0 Å². The summed E-state index contributed by atoms with van der Waals surface area (Å²) in [5.74, 6) is 0.255. The Morgan fingerprint density at radius 2 is 1.79 bits per heavy atom. The number of hydrogen-bond acceptors (Lipinski definition) is 2. The number of carbonyl (C=O) groups is 1. The van der Waals surface area contributed by atoms with Crippen LogP contribution < -0.4 is 4.74 Å². The quantitative estimate of drug-likeness (QED) is 0.556. The predicted octanol–water partition coefficient (Wildman–Crippen LogP) is 3.76. The molecular formula is C16H13NO2. The Hall–Kier alpha value is -2.55. The number of fused-ring (bicyclic) bond motifs is 1. The van der Waals surface area contributed by atoms with E-state index in [2.05, 4.69) is 17.1 Å². The molecule has 0 fully saturated rings. The molecule has 0 saturated carbocycles. The largest absolute Gasteiger partial charge is 0.427 e. The molecule has 1 N–H and O–H groups in total. The van der Waals surface area contributed by atoms with Crippen molar-refractivity contribution in [3.8, 4) is 17.0 Å². The first-order valence-corrected chi connectivity index (χ1v) is 6.09. The smallest absolute Gasteiger partial charge is 0.308 e. The molecular weight excluding hydrogens is 238 g/mol. The molecule has 2 aromatic carbocycles. The van der Waals surface area contributed by atoms with Gasteiger partial charge in [-0.25, -0.2) is 0 Å². The Kier molecular flexibility index (Phi) is 2.80. The summed E-state index contributed by atoms with van der Waals surface area (Å²) in [6.45, 7) is 1.39. The summed E-state index contributed by atoms with van der Waals surface area (Å²) in [6.07, 6.45) is 0. The standard InChI is InChI=1S/C16H13NO2/c1-11(18)19-14-8-6-12(7-9-14)16-10-13-4-2-3-5-15(13)17-16/h2-10,17H,1H3. The molecule has 0 unspecified atom stereocenters. The number of esters is 1. The molecule has 0 spiro atoms. The van der Waals surface area contributed by atoms with Gasteiger partial charge in [-0.2, -0.15) is 0 Å². The van der Waals surface area contributed by atoms with Gasteiger partial charge in [0.1, 0.15) is 5.75 Å². The Morgan fingerprint density at radius 3 is 2.47 bits per heavy atom. The molecule has 3 heteroatoms. The van der Waals surface area contributed by atoms with Crippen molar-refractivity contribution in [2.75, 3.05) is 0 Å². The highest BCUT2D eigenvalue weighted by molar-refractivity contribution is 5.85. The van der Waals surface area contributed by atoms with Crippen LogP contribution in [0.1, 0.15) is 6.92 Å². The molecule has 0 saturated heterocycles. The van der Waals surface area contributed by atoms with Crippen molar-refractivity contribution in [1.82, 2.24) is 4.98 Å². The van der Waals surface area contributed by atoms with E-state index in [0.29, 0.717) is 5.75 Å². The first-order valence-electron chi connectivity index (χ1n) is 6.09. The normalized spacial score (nSPS) is 10.6. The highest BCUT2D eigenvalue weighted by Gasteiger charge is 2.04. The van der Waals surface area contributed by atoms with Crippen molar-refractivity contribution in [2.24, 2.45) is 0 Å². The van der Waals surface area contributed by atoms with E-state index in [9.17, 15) is 4.79 Å². The van der Waals surface area contributed by atoms with Gasteiger partial charge in [0, 0.05) is 23.5 Å². The second-order valence-electron chi connectivity index (χ2n) is 4.39. The summed E-state index contributed by atoms with van der Waals surface area (Å²) in [5, 5.41) is 1.18. The zero-order valence-electron chi connectivity index (χ0n) is 10.5. The first-order chi connectivity index (χ1) is 9.22. The average molecular weight is 251 g/mol. The first kappa shape index (κ1) is 11.5. The number of para-hydroxylation sites is 1. The van der Waals surface area contributed by atoms with Crippen molar-refractivity contribution in [3.05, 3.63) is 54.6 Å². The SMILES string of the molecule is CC(=O)Oc1ccc(-c2cc3ccccc3[nH]2)cc1. The molecule has 0 bridgehead atoms. The number of aromatic nitrogens is 1. The fourth-order valence-corrected chi connectivity index (χ4v) is 2.10. The second-order valence-corrected chi connectivity index (χ2v) is 4.39. The molecule has 0 atom stereocenters. The number of rotatable bonds is 2. The van der Waals surface area contributed by atoms with E-state index in [0.717, 1.165) is 16.8 Å². The maximum Gasteiger partial charge on any atom is 0.308 e. The van der Waals surface area contributed by atoms with Gasteiger partial charge in [-0.3, -0.25) is 4.79 Å². The van der Waals surface area contributed by atoms with E-state index in [4.69, 9.17) is 4.74 Å². The summed E-state index contributed by atoms with van der Waals surface area (Å²) in [5.41, 5.74) is 3.23. The van der Waals surface area contributed by atoms with Crippen LogP contribution in [0.2, 0.25) is 0 Å². The predicted molar refractivity (Wildman–Crippen MR) is 75.0 cm³/mol. The maximum absolute atomic E-state index is 10.9. The van der Waals surface area contributed by atoms with Crippen molar-refractivity contribution in [1.29, 1.82) is 0 Å². The van der Waals surface area contributed by atoms with E-state index < -0.39 is 0 Å². The van der Waals surface area contributed by atoms with Crippen molar-refractivity contribution >= 4 is 16.9 Å². The lowest BCUT2D eigenvalue weighted by molar-refractivity contribution is -0.131. The summed E-state index contributed by atoms with van der Waals surface area (Å²) in [6, 6.07) is 17.7. The van der Waals surface area contributed by atoms with Gasteiger partial charge in [-0.15, -0.1) is 0 Å². The third-order valence-corrected chi connectivity index (χ3v) is 2.96.